The van der Waals surface area contributed by atoms with Crippen molar-refractivity contribution in [1.82, 2.24) is 25.9 Å². The van der Waals surface area contributed by atoms with E-state index < -0.39 is 60.2 Å². The number of aromatic amines is 1. The van der Waals surface area contributed by atoms with Gasteiger partial charge in [-0.3, -0.25) is 19.2 Å². The number of imidazole rings is 1. The number of carboxylic acid groups (broad SMARTS) is 2. The van der Waals surface area contributed by atoms with Gasteiger partial charge >= 0.3 is 11.9 Å². The smallest absolute Gasteiger partial charge is 0.326 e. The van der Waals surface area contributed by atoms with Gasteiger partial charge in [-0.25, -0.2) is 9.78 Å². The number of carboxylic acids is 2. The van der Waals surface area contributed by atoms with Gasteiger partial charge < -0.3 is 36.9 Å². The normalized spacial score (nSPS) is 15.4. The molecule has 13 nitrogen and oxygen atoms in total. The first kappa shape index (κ1) is 29.6. The number of nitrogens with two attached hydrogens (primary N) is 1. The molecule has 13 heteroatoms. The molecule has 0 aliphatic carbocycles. The summed E-state index contributed by atoms with van der Waals surface area (Å²) in [6, 6.07) is -4.57. The lowest BCUT2D eigenvalue weighted by molar-refractivity contribution is -0.143. The fourth-order valence-corrected chi connectivity index (χ4v) is 3.14. The summed E-state index contributed by atoms with van der Waals surface area (Å²) in [7, 11) is 0. The van der Waals surface area contributed by atoms with Gasteiger partial charge in [-0.1, -0.05) is 34.1 Å². The summed E-state index contributed by atoms with van der Waals surface area (Å²) < 4.78 is 0. The number of carbonyl (C=O) groups is 5. The first-order valence-electron chi connectivity index (χ1n) is 11.5. The number of H-pyrrole nitrogens is 1. The van der Waals surface area contributed by atoms with E-state index in [2.05, 4.69) is 25.9 Å². The van der Waals surface area contributed by atoms with E-state index in [1.807, 2.05) is 6.92 Å². The molecule has 0 fully saturated rings. The molecule has 8 N–H and O–H groups in total. The van der Waals surface area contributed by atoms with E-state index in [1.165, 1.54) is 12.5 Å². The fourth-order valence-electron chi connectivity index (χ4n) is 3.14. The Hall–Kier alpha value is -3.48. The van der Waals surface area contributed by atoms with Gasteiger partial charge in [0.25, 0.3) is 0 Å². The topological polar surface area (TPSA) is 217 Å². The first-order valence-corrected chi connectivity index (χ1v) is 11.5. The highest BCUT2D eigenvalue weighted by atomic mass is 16.4. The quantitative estimate of drug-likeness (QED) is 0.164. The molecular formula is C22H36N6O7. The highest BCUT2D eigenvalue weighted by Gasteiger charge is 2.33. The summed E-state index contributed by atoms with van der Waals surface area (Å²) >= 11 is 0. The Kier molecular flexibility index (Phi) is 11.9. The molecule has 0 aromatic carbocycles. The number of hydrogen-bond acceptors (Lipinski definition) is 7. The maximum absolute atomic E-state index is 13.1. The van der Waals surface area contributed by atoms with Gasteiger partial charge in [-0.2, -0.15) is 0 Å². The maximum Gasteiger partial charge on any atom is 0.326 e. The lowest BCUT2D eigenvalue weighted by Crippen LogP contribution is -2.59. The number of aliphatic carboxylic acids is 2. The Bertz CT molecular complexity index is 874. The van der Waals surface area contributed by atoms with Crippen LogP contribution in [0.15, 0.2) is 12.5 Å². The van der Waals surface area contributed by atoms with Crippen molar-refractivity contribution in [2.75, 3.05) is 0 Å². The molecule has 0 radical (unpaired) electrons. The van der Waals surface area contributed by atoms with Crippen LogP contribution in [0, 0.1) is 11.8 Å². The Morgan fingerprint density at radius 3 is 2.11 bits per heavy atom. The Labute approximate surface area is 203 Å². The summed E-state index contributed by atoms with van der Waals surface area (Å²) in [6.07, 6.45) is 2.46. The van der Waals surface area contributed by atoms with Gasteiger partial charge in [-0.05, 0) is 18.3 Å². The number of rotatable bonds is 15. The molecule has 0 bridgehead atoms. The summed E-state index contributed by atoms with van der Waals surface area (Å²) in [4.78, 5) is 67.8. The van der Waals surface area contributed by atoms with E-state index in [0.717, 1.165) is 0 Å². The highest BCUT2D eigenvalue weighted by molar-refractivity contribution is 5.94. The molecule has 1 aromatic rings. The zero-order valence-electron chi connectivity index (χ0n) is 20.4. The van der Waals surface area contributed by atoms with Gasteiger partial charge in [0.1, 0.15) is 18.1 Å². The number of aromatic nitrogens is 2. The SMILES string of the molecule is CCC(C)C(NC(=O)C(N)C(C)C)C(=O)NC(CCC(=O)O)C(=O)NC(Cc1cnc[nH]1)C(=O)O. The maximum atomic E-state index is 13.1. The summed E-state index contributed by atoms with van der Waals surface area (Å²) in [5, 5.41) is 26.0. The molecule has 35 heavy (non-hydrogen) atoms. The van der Waals surface area contributed by atoms with E-state index in [4.69, 9.17) is 10.8 Å². The second-order valence-corrected chi connectivity index (χ2v) is 8.82. The van der Waals surface area contributed by atoms with Gasteiger partial charge in [0, 0.05) is 24.7 Å². The predicted octanol–water partition coefficient (Wildman–Crippen LogP) is -0.615. The minimum absolute atomic E-state index is 0.0979. The van der Waals surface area contributed by atoms with Crippen LogP contribution in [0.5, 0.6) is 0 Å². The molecule has 5 atom stereocenters. The molecule has 0 saturated carbocycles. The van der Waals surface area contributed by atoms with Crippen molar-refractivity contribution < 1.29 is 34.2 Å². The molecule has 1 heterocycles. The van der Waals surface area contributed by atoms with E-state index in [0.29, 0.717) is 12.1 Å². The summed E-state index contributed by atoms with van der Waals surface area (Å²) in [6.45, 7) is 7.08. The van der Waals surface area contributed by atoms with Crippen LogP contribution in [-0.2, 0) is 30.4 Å². The van der Waals surface area contributed by atoms with Gasteiger partial charge in [0.05, 0.1) is 12.4 Å². The highest BCUT2D eigenvalue weighted by Crippen LogP contribution is 2.11. The Morgan fingerprint density at radius 1 is 1.00 bits per heavy atom. The Morgan fingerprint density at radius 2 is 1.63 bits per heavy atom. The van der Waals surface area contributed by atoms with Crippen molar-refractivity contribution in [3.8, 4) is 0 Å². The molecule has 5 unspecified atom stereocenters. The van der Waals surface area contributed by atoms with Crippen LogP contribution < -0.4 is 21.7 Å². The van der Waals surface area contributed by atoms with Crippen LogP contribution in [0.4, 0.5) is 0 Å². The van der Waals surface area contributed by atoms with E-state index in [1.54, 1.807) is 20.8 Å². The van der Waals surface area contributed by atoms with Crippen molar-refractivity contribution >= 4 is 29.7 Å². The van der Waals surface area contributed by atoms with Crippen molar-refractivity contribution in [1.29, 1.82) is 0 Å². The van der Waals surface area contributed by atoms with Crippen LogP contribution in [0.3, 0.4) is 0 Å². The zero-order chi connectivity index (χ0) is 26.7. The molecule has 0 spiro atoms. The molecule has 1 aromatic heterocycles. The summed E-state index contributed by atoms with van der Waals surface area (Å²) in [5.41, 5.74) is 6.35. The van der Waals surface area contributed by atoms with Crippen molar-refractivity contribution in [2.24, 2.45) is 17.6 Å². The molecule has 196 valence electrons. The van der Waals surface area contributed by atoms with Crippen LogP contribution in [-0.4, -0.2) is 74.0 Å². The number of carbonyl (C=O) groups excluding carboxylic acids is 3. The molecule has 0 aliphatic rings. The average molecular weight is 497 g/mol. The number of nitrogens with one attached hydrogen (secondary N) is 4. The molecular weight excluding hydrogens is 460 g/mol. The molecule has 1 rings (SSSR count). The van der Waals surface area contributed by atoms with E-state index in [-0.39, 0.29) is 24.7 Å². The van der Waals surface area contributed by atoms with Gasteiger partial charge in [-0.15, -0.1) is 0 Å². The average Bonchev–Trinajstić information content (AvgIpc) is 3.31. The summed E-state index contributed by atoms with van der Waals surface area (Å²) in [5.74, 6) is -5.10. The number of nitrogens with zero attached hydrogens (tertiary/aromatic N) is 1. The predicted molar refractivity (Wildman–Crippen MR) is 125 cm³/mol. The van der Waals surface area contributed by atoms with Crippen molar-refractivity contribution in [3.05, 3.63) is 18.2 Å². The number of hydrogen-bond donors (Lipinski definition) is 7. The van der Waals surface area contributed by atoms with E-state index in [9.17, 15) is 29.1 Å². The molecule has 0 saturated heterocycles. The van der Waals surface area contributed by atoms with Crippen molar-refractivity contribution in [3.63, 3.8) is 0 Å². The second-order valence-electron chi connectivity index (χ2n) is 8.82. The third-order valence-corrected chi connectivity index (χ3v) is 5.69. The third-order valence-electron chi connectivity index (χ3n) is 5.69. The van der Waals surface area contributed by atoms with Gasteiger partial charge in [0.15, 0.2) is 0 Å². The second kappa shape index (κ2) is 14.0. The monoisotopic (exact) mass is 496 g/mol. The van der Waals surface area contributed by atoms with Crippen molar-refractivity contribution in [2.45, 2.75) is 77.5 Å². The lowest BCUT2D eigenvalue weighted by Gasteiger charge is -2.28. The van der Waals surface area contributed by atoms with Crippen LogP contribution in [0.25, 0.3) is 0 Å². The first-order chi connectivity index (χ1) is 16.4. The van der Waals surface area contributed by atoms with Gasteiger partial charge in [0.2, 0.25) is 17.7 Å². The fraction of sp³-hybridized carbons (Fsp3) is 0.636. The van der Waals surface area contributed by atoms with Crippen LogP contribution in [0.2, 0.25) is 0 Å². The molecule has 3 amide bonds. The largest absolute Gasteiger partial charge is 0.481 e. The number of amides is 3. The standard InChI is InChI=1S/C22H36N6O7/c1-5-12(4)18(28-20(32)17(23)11(2)3)21(33)26-14(6-7-16(29)30)19(31)27-15(22(34)35)8-13-9-24-10-25-13/h9-12,14-15,17-18H,5-8,23H2,1-4H3,(H,24,25)(H,26,33)(H,27,31)(H,28,32)(H,29,30)(H,34,35). The lowest BCUT2D eigenvalue weighted by atomic mass is 9.96. The zero-order valence-corrected chi connectivity index (χ0v) is 20.4. The van der Waals surface area contributed by atoms with E-state index >= 15 is 0 Å². The molecule has 0 aliphatic heterocycles. The van der Waals surface area contributed by atoms with Crippen LogP contribution in [0.1, 0.15) is 52.7 Å². The minimum Gasteiger partial charge on any atom is -0.481 e. The Balaban J connectivity index is 3.04. The van der Waals surface area contributed by atoms with Crippen LogP contribution >= 0.6 is 0 Å². The minimum atomic E-state index is -1.35. The third kappa shape index (κ3) is 9.73.